The first kappa shape index (κ1) is 9.51. The van der Waals surface area contributed by atoms with Crippen LogP contribution in [-0.2, 0) is 0 Å². The Morgan fingerprint density at radius 1 is 1.00 bits per heavy atom. The van der Waals surface area contributed by atoms with E-state index in [1.165, 1.54) is 38.5 Å². The predicted molar refractivity (Wildman–Crippen MR) is 61.6 cm³/mol. The maximum Gasteiger partial charge on any atom is 0.0723 e. The van der Waals surface area contributed by atoms with E-state index in [1.54, 1.807) is 0 Å². The van der Waals surface area contributed by atoms with Crippen molar-refractivity contribution in [3.05, 3.63) is 10.8 Å². The standard InChI is InChI=1S/C12H22Si/c1-13(2,3)12-9-8-10-6-4-5-7-11(10)12/h10H,4-9H2,1-3H3. The molecule has 0 bridgehead atoms. The second-order valence-corrected chi connectivity index (χ2v) is 10.8. The second-order valence-electron chi connectivity index (χ2n) is 5.74. The summed E-state index contributed by atoms with van der Waals surface area (Å²) in [6.07, 6.45) is 8.87. The molecule has 1 heteroatoms. The molecule has 0 aliphatic heterocycles. The van der Waals surface area contributed by atoms with Gasteiger partial charge in [-0.15, -0.1) is 0 Å². The van der Waals surface area contributed by atoms with E-state index in [0.717, 1.165) is 5.92 Å². The smallest absolute Gasteiger partial charge is 0.0723 e. The van der Waals surface area contributed by atoms with Gasteiger partial charge in [0.15, 0.2) is 0 Å². The van der Waals surface area contributed by atoms with E-state index in [2.05, 4.69) is 19.6 Å². The molecule has 0 N–H and O–H groups in total. The lowest BCUT2D eigenvalue weighted by Gasteiger charge is -2.25. The van der Waals surface area contributed by atoms with Gasteiger partial charge in [-0.1, -0.05) is 36.8 Å². The van der Waals surface area contributed by atoms with Crippen molar-refractivity contribution in [2.24, 2.45) is 5.92 Å². The van der Waals surface area contributed by atoms with Crippen LogP contribution < -0.4 is 0 Å². The van der Waals surface area contributed by atoms with Gasteiger partial charge in [-0.25, -0.2) is 0 Å². The molecular weight excluding hydrogens is 172 g/mol. The van der Waals surface area contributed by atoms with Crippen LogP contribution >= 0.6 is 0 Å². The zero-order chi connectivity index (χ0) is 9.47. The van der Waals surface area contributed by atoms with Gasteiger partial charge in [0.1, 0.15) is 0 Å². The molecule has 13 heavy (non-hydrogen) atoms. The highest BCUT2D eigenvalue weighted by molar-refractivity contribution is 6.83. The molecule has 0 saturated heterocycles. The minimum absolute atomic E-state index is 0.953. The van der Waals surface area contributed by atoms with Gasteiger partial charge < -0.3 is 0 Å². The maximum absolute atomic E-state index is 2.52. The van der Waals surface area contributed by atoms with Crippen LogP contribution in [0.2, 0.25) is 19.6 Å². The lowest BCUT2D eigenvalue weighted by Crippen LogP contribution is -2.24. The van der Waals surface area contributed by atoms with E-state index in [-0.39, 0.29) is 0 Å². The Bertz CT molecular complexity index is 232. The van der Waals surface area contributed by atoms with E-state index in [4.69, 9.17) is 0 Å². The topological polar surface area (TPSA) is 0 Å². The molecule has 2 aliphatic rings. The highest BCUT2D eigenvalue weighted by atomic mass is 28.3. The minimum Gasteiger partial charge on any atom is -0.0815 e. The lowest BCUT2D eigenvalue weighted by molar-refractivity contribution is 0.456. The normalized spacial score (nSPS) is 29.3. The summed E-state index contributed by atoms with van der Waals surface area (Å²) in [6, 6.07) is 0. The third-order valence-electron chi connectivity index (χ3n) is 3.78. The average molecular weight is 194 g/mol. The monoisotopic (exact) mass is 194 g/mol. The molecule has 0 aromatic rings. The molecule has 0 radical (unpaired) electrons. The van der Waals surface area contributed by atoms with Crippen molar-refractivity contribution >= 4 is 8.07 Å². The first-order valence-corrected chi connectivity index (χ1v) is 9.31. The fourth-order valence-corrected chi connectivity index (χ4v) is 5.32. The van der Waals surface area contributed by atoms with Crippen LogP contribution in [0.4, 0.5) is 0 Å². The van der Waals surface area contributed by atoms with Gasteiger partial charge in [0, 0.05) is 0 Å². The van der Waals surface area contributed by atoms with E-state index in [9.17, 15) is 0 Å². The Labute approximate surface area is 83.4 Å². The Morgan fingerprint density at radius 3 is 2.46 bits per heavy atom. The molecule has 0 amide bonds. The van der Waals surface area contributed by atoms with Crippen LogP contribution in [0.25, 0.3) is 0 Å². The molecule has 1 unspecified atom stereocenters. The van der Waals surface area contributed by atoms with Crippen molar-refractivity contribution in [1.29, 1.82) is 0 Å². The second kappa shape index (κ2) is 3.27. The SMILES string of the molecule is C[Si](C)(C)C1=C2CCCCC2CC1. The highest BCUT2D eigenvalue weighted by Crippen LogP contribution is 2.44. The molecule has 0 spiro atoms. The van der Waals surface area contributed by atoms with Crippen LogP contribution in [0.1, 0.15) is 38.5 Å². The number of allylic oxidation sites excluding steroid dienone is 2. The fourth-order valence-electron chi connectivity index (χ4n) is 3.14. The molecule has 1 atom stereocenters. The molecule has 0 nitrogen and oxygen atoms in total. The van der Waals surface area contributed by atoms with Gasteiger partial charge >= 0.3 is 0 Å². The van der Waals surface area contributed by atoms with Crippen LogP contribution in [0, 0.1) is 5.92 Å². The Balaban J connectivity index is 2.26. The van der Waals surface area contributed by atoms with Gasteiger partial charge in [0.05, 0.1) is 8.07 Å². The van der Waals surface area contributed by atoms with E-state index in [0.29, 0.717) is 0 Å². The molecule has 2 rings (SSSR count). The highest BCUT2D eigenvalue weighted by Gasteiger charge is 2.33. The van der Waals surface area contributed by atoms with Crippen molar-refractivity contribution in [3.8, 4) is 0 Å². The number of hydrogen-bond donors (Lipinski definition) is 0. The van der Waals surface area contributed by atoms with Crippen LogP contribution in [0.5, 0.6) is 0 Å². The lowest BCUT2D eigenvalue weighted by atomic mass is 9.86. The van der Waals surface area contributed by atoms with Crippen molar-refractivity contribution in [1.82, 2.24) is 0 Å². The Kier molecular flexibility index (Phi) is 2.39. The first-order valence-electron chi connectivity index (χ1n) is 5.81. The largest absolute Gasteiger partial charge is 0.0815 e. The Hall–Kier alpha value is -0.0431. The molecule has 0 aromatic heterocycles. The molecule has 0 aromatic carbocycles. The summed E-state index contributed by atoms with van der Waals surface area (Å²) in [4.78, 5) is 0. The molecule has 2 aliphatic carbocycles. The van der Waals surface area contributed by atoms with Crippen LogP contribution in [0.15, 0.2) is 10.8 Å². The van der Waals surface area contributed by atoms with E-state index >= 15 is 0 Å². The summed E-state index contributed by atoms with van der Waals surface area (Å²) < 4.78 is 0. The summed E-state index contributed by atoms with van der Waals surface area (Å²) in [6.45, 7) is 7.56. The average Bonchev–Trinajstić information content (AvgIpc) is 2.45. The summed E-state index contributed by atoms with van der Waals surface area (Å²) in [5, 5.41) is 1.94. The quantitative estimate of drug-likeness (QED) is 0.550. The van der Waals surface area contributed by atoms with Gasteiger partial charge in [-0.05, 0) is 38.0 Å². The van der Waals surface area contributed by atoms with Gasteiger partial charge in [0.25, 0.3) is 0 Å². The van der Waals surface area contributed by atoms with Crippen LogP contribution in [-0.4, -0.2) is 8.07 Å². The molecular formula is C12H22Si. The Morgan fingerprint density at radius 2 is 1.77 bits per heavy atom. The summed E-state index contributed by atoms with van der Waals surface area (Å²) in [5.41, 5.74) is 1.92. The molecule has 1 saturated carbocycles. The summed E-state index contributed by atoms with van der Waals surface area (Å²) in [5.74, 6) is 1.02. The van der Waals surface area contributed by atoms with Crippen molar-refractivity contribution < 1.29 is 0 Å². The maximum atomic E-state index is 2.52. The van der Waals surface area contributed by atoms with Crippen molar-refractivity contribution in [3.63, 3.8) is 0 Å². The third-order valence-corrected chi connectivity index (χ3v) is 6.16. The summed E-state index contributed by atoms with van der Waals surface area (Å²) in [7, 11) is -0.953. The molecule has 0 heterocycles. The minimum atomic E-state index is -0.953. The fraction of sp³-hybridized carbons (Fsp3) is 0.833. The zero-order valence-electron chi connectivity index (χ0n) is 9.32. The predicted octanol–water partition coefficient (Wildman–Crippen LogP) is 4.14. The first-order chi connectivity index (χ1) is 6.09. The molecule has 1 fully saturated rings. The van der Waals surface area contributed by atoms with E-state index in [1.807, 2.05) is 10.8 Å². The number of hydrogen-bond acceptors (Lipinski definition) is 0. The van der Waals surface area contributed by atoms with Crippen LogP contribution in [0.3, 0.4) is 0 Å². The molecule has 74 valence electrons. The van der Waals surface area contributed by atoms with Crippen molar-refractivity contribution in [2.75, 3.05) is 0 Å². The summed E-state index contributed by atoms with van der Waals surface area (Å²) >= 11 is 0. The number of fused-ring (bicyclic) bond motifs is 1. The number of rotatable bonds is 1. The third kappa shape index (κ3) is 1.76. The van der Waals surface area contributed by atoms with Gasteiger partial charge in [-0.2, -0.15) is 0 Å². The van der Waals surface area contributed by atoms with Crippen molar-refractivity contribution in [2.45, 2.75) is 58.2 Å². The van der Waals surface area contributed by atoms with Gasteiger partial charge in [-0.3, -0.25) is 0 Å². The van der Waals surface area contributed by atoms with E-state index < -0.39 is 8.07 Å². The van der Waals surface area contributed by atoms with Gasteiger partial charge in [0.2, 0.25) is 0 Å². The zero-order valence-corrected chi connectivity index (χ0v) is 10.3.